The van der Waals surface area contributed by atoms with E-state index in [1.54, 1.807) is 44.5 Å². The van der Waals surface area contributed by atoms with Gasteiger partial charge < -0.3 is 20.5 Å². The fraction of sp³-hybridized carbons (Fsp3) is 0.200. The minimum Gasteiger partial charge on any atom is -0.457 e. The van der Waals surface area contributed by atoms with E-state index >= 15 is 0 Å². The molecule has 0 fully saturated rings. The van der Waals surface area contributed by atoms with E-state index in [0.717, 1.165) is 0 Å². The molecule has 0 saturated heterocycles. The van der Waals surface area contributed by atoms with Gasteiger partial charge in [0.05, 0.1) is 12.2 Å². The van der Waals surface area contributed by atoms with Crippen molar-refractivity contribution in [3.63, 3.8) is 0 Å². The van der Waals surface area contributed by atoms with Gasteiger partial charge in [0.1, 0.15) is 17.2 Å². The van der Waals surface area contributed by atoms with E-state index in [0.29, 0.717) is 22.7 Å². The molecule has 2 aromatic rings. The summed E-state index contributed by atoms with van der Waals surface area (Å²) in [5.74, 6) is 0.857. The van der Waals surface area contributed by atoms with Crippen LogP contribution in [0.2, 0.25) is 0 Å². The van der Waals surface area contributed by atoms with E-state index in [1.807, 2.05) is 0 Å². The number of methoxy groups -OCH3 is 1. The third-order valence-electron chi connectivity index (χ3n) is 2.85. The summed E-state index contributed by atoms with van der Waals surface area (Å²) in [7, 11) is 3.10. The molecule has 0 aliphatic rings. The Balaban J connectivity index is 2.37. The van der Waals surface area contributed by atoms with E-state index in [9.17, 15) is 4.79 Å². The van der Waals surface area contributed by atoms with Crippen LogP contribution in [0.15, 0.2) is 36.5 Å². The summed E-state index contributed by atoms with van der Waals surface area (Å²) in [6, 6.07) is 8.69. The largest absolute Gasteiger partial charge is 0.457 e. The molecule has 1 heterocycles. The topological polar surface area (TPSA) is 86.5 Å². The van der Waals surface area contributed by atoms with Crippen molar-refractivity contribution >= 4 is 11.6 Å². The SMILES string of the molecule is CNC(=O)c1nccc(Oc2ccc(N)cc2)c1COC. The van der Waals surface area contributed by atoms with E-state index in [1.165, 1.54) is 6.20 Å². The molecular weight excluding hydrogens is 270 g/mol. The number of aromatic nitrogens is 1. The zero-order valence-corrected chi connectivity index (χ0v) is 11.9. The van der Waals surface area contributed by atoms with Crippen molar-refractivity contribution in [2.45, 2.75) is 6.61 Å². The number of nitrogens with two attached hydrogens (primary N) is 1. The van der Waals surface area contributed by atoms with Crippen molar-refractivity contribution in [1.82, 2.24) is 10.3 Å². The Labute approximate surface area is 122 Å². The smallest absolute Gasteiger partial charge is 0.270 e. The van der Waals surface area contributed by atoms with Crippen LogP contribution >= 0.6 is 0 Å². The number of hydrogen-bond acceptors (Lipinski definition) is 5. The Kier molecular flexibility index (Phi) is 4.73. The lowest BCUT2D eigenvalue weighted by molar-refractivity contribution is 0.0952. The van der Waals surface area contributed by atoms with Crippen LogP contribution in [-0.2, 0) is 11.3 Å². The third-order valence-corrected chi connectivity index (χ3v) is 2.85. The maximum atomic E-state index is 11.9. The van der Waals surface area contributed by atoms with E-state index in [4.69, 9.17) is 15.2 Å². The number of carbonyl (C=O) groups is 1. The first-order valence-electron chi connectivity index (χ1n) is 6.38. The molecule has 2 rings (SSSR count). The van der Waals surface area contributed by atoms with Crippen molar-refractivity contribution in [3.8, 4) is 11.5 Å². The molecule has 6 heteroatoms. The van der Waals surface area contributed by atoms with Gasteiger partial charge in [0.25, 0.3) is 5.91 Å². The molecule has 0 radical (unpaired) electrons. The molecule has 0 atom stereocenters. The molecule has 1 amide bonds. The number of hydrogen-bond donors (Lipinski definition) is 2. The molecule has 1 aromatic heterocycles. The zero-order valence-electron chi connectivity index (χ0n) is 11.9. The van der Waals surface area contributed by atoms with Crippen molar-refractivity contribution < 1.29 is 14.3 Å². The summed E-state index contributed by atoms with van der Waals surface area (Å²) >= 11 is 0. The van der Waals surface area contributed by atoms with Gasteiger partial charge in [-0.25, -0.2) is 0 Å². The highest BCUT2D eigenvalue weighted by molar-refractivity contribution is 5.94. The van der Waals surface area contributed by atoms with Crippen molar-refractivity contribution in [1.29, 1.82) is 0 Å². The molecule has 0 saturated carbocycles. The summed E-state index contributed by atoms with van der Waals surface area (Å²) in [6.07, 6.45) is 1.52. The predicted octanol–water partition coefficient (Wildman–Crippen LogP) is 1.96. The molecule has 6 nitrogen and oxygen atoms in total. The third kappa shape index (κ3) is 3.49. The second kappa shape index (κ2) is 6.71. The van der Waals surface area contributed by atoms with Gasteiger partial charge in [-0.05, 0) is 30.3 Å². The van der Waals surface area contributed by atoms with Gasteiger partial charge >= 0.3 is 0 Å². The number of amides is 1. The molecule has 3 N–H and O–H groups in total. The minimum atomic E-state index is -0.287. The predicted molar refractivity (Wildman–Crippen MR) is 79.3 cm³/mol. The molecular formula is C15H17N3O3. The van der Waals surface area contributed by atoms with Gasteiger partial charge in [-0.15, -0.1) is 0 Å². The van der Waals surface area contributed by atoms with E-state index < -0.39 is 0 Å². The van der Waals surface area contributed by atoms with Crippen LogP contribution in [0.25, 0.3) is 0 Å². The van der Waals surface area contributed by atoms with Gasteiger partial charge in [0.2, 0.25) is 0 Å². The van der Waals surface area contributed by atoms with Gasteiger partial charge in [0.15, 0.2) is 0 Å². The van der Waals surface area contributed by atoms with Crippen molar-refractivity contribution in [2.75, 3.05) is 19.9 Å². The number of ether oxygens (including phenoxy) is 2. The number of nitrogens with zero attached hydrogens (tertiary/aromatic N) is 1. The Bertz CT molecular complexity index is 627. The lowest BCUT2D eigenvalue weighted by atomic mass is 10.1. The normalized spacial score (nSPS) is 10.2. The number of pyridine rings is 1. The summed E-state index contributed by atoms with van der Waals surface area (Å²) < 4.78 is 10.9. The summed E-state index contributed by atoms with van der Waals surface area (Å²) in [5, 5.41) is 2.55. The molecule has 1 aromatic carbocycles. The molecule has 110 valence electrons. The maximum Gasteiger partial charge on any atom is 0.270 e. The lowest BCUT2D eigenvalue weighted by Gasteiger charge is -2.13. The molecule has 0 aliphatic heterocycles. The Morgan fingerprint density at radius 2 is 2.00 bits per heavy atom. The van der Waals surface area contributed by atoms with Crippen LogP contribution in [0.1, 0.15) is 16.1 Å². The average Bonchev–Trinajstić information content (AvgIpc) is 2.50. The molecule has 0 unspecified atom stereocenters. The summed E-state index contributed by atoms with van der Waals surface area (Å²) in [4.78, 5) is 15.9. The van der Waals surface area contributed by atoms with Gasteiger partial charge in [0, 0.05) is 26.0 Å². The highest BCUT2D eigenvalue weighted by Gasteiger charge is 2.17. The van der Waals surface area contributed by atoms with Crippen LogP contribution in [0.4, 0.5) is 5.69 Å². The highest BCUT2D eigenvalue weighted by atomic mass is 16.5. The van der Waals surface area contributed by atoms with Gasteiger partial charge in [-0.3, -0.25) is 9.78 Å². The molecule has 0 spiro atoms. The van der Waals surface area contributed by atoms with Crippen LogP contribution in [-0.4, -0.2) is 25.0 Å². The summed E-state index contributed by atoms with van der Waals surface area (Å²) in [5.41, 5.74) is 7.17. The van der Waals surface area contributed by atoms with Crippen LogP contribution < -0.4 is 15.8 Å². The first-order chi connectivity index (χ1) is 10.2. The number of benzene rings is 1. The number of anilines is 1. The minimum absolute atomic E-state index is 0.223. The zero-order chi connectivity index (χ0) is 15.2. The fourth-order valence-electron chi connectivity index (χ4n) is 1.83. The number of carbonyl (C=O) groups excluding carboxylic acids is 1. The molecule has 0 aliphatic carbocycles. The maximum absolute atomic E-state index is 11.9. The second-order valence-corrected chi connectivity index (χ2v) is 4.32. The number of nitrogen functional groups attached to an aromatic ring is 1. The fourth-order valence-corrected chi connectivity index (χ4v) is 1.83. The second-order valence-electron chi connectivity index (χ2n) is 4.32. The number of rotatable bonds is 5. The summed E-state index contributed by atoms with van der Waals surface area (Å²) in [6.45, 7) is 0.223. The van der Waals surface area contributed by atoms with Crippen LogP contribution in [0.3, 0.4) is 0 Å². The average molecular weight is 287 g/mol. The standard InChI is InChI=1S/C15H17N3O3/c1-17-15(19)14-12(9-20-2)13(7-8-18-14)21-11-5-3-10(16)4-6-11/h3-8H,9,16H2,1-2H3,(H,17,19). The van der Waals surface area contributed by atoms with Gasteiger partial charge in [-0.2, -0.15) is 0 Å². The van der Waals surface area contributed by atoms with E-state index in [2.05, 4.69) is 10.3 Å². The van der Waals surface area contributed by atoms with Crippen molar-refractivity contribution in [3.05, 3.63) is 47.8 Å². The molecule has 21 heavy (non-hydrogen) atoms. The van der Waals surface area contributed by atoms with E-state index in [-0.39, 0.29) is 18.2 Å². The number of nitrogens with one attached hydrogen (secondary N) is 1. The Morgan fingerprint density at radius 3 is 2.62 bits per heavy atom. The molecule has 0 bridgehead atoms. The van der Waals surface area contributed by atoms with Gasteiger partial charge in [-0.1, -0.05) is 0 Å². The van der Waals surface area contributed by atoms with Crippen LogP contribution in [0.5, 0.6) is 11.5 Å². The monoisotopic (exact) mass is 287 g/mol. The Hall–Kier alpha value is -2.60. The first kappa shape index (κ1) is 14.8. The van der Waals surface area contributed by atoms with Crippen molar-refractivity contribution in [2.24, 2.45) is 0 Å². The first-order valence-corrected chi connectivity index (χ1v) is 6.38. The quantitative estimate of drug-likeness (QED) is 0.821. The Morgan fingerprint density at radius 1 is 1.29 bits per heavy atom. The lowest BCUT2D eigenvalue weighted by Crippen LogP contribution is -2.21. The van der Waals surface area contributed by atoms with Crippen LogP contribution in [0, 0.1) is 0 Å². The highest BCUT2D eigenvalue weighted by Crippen LogP contribution is 2.28.